The molecule has 4 heteroatoms. The summed E-state index contributed by atoms with van der Waals surface area (Å²) in [6.45, 7) is 1.96. The molecule has 0 saturated heterocycles. The molecule has 2 aromatic rings. The molecule has 0 aliphatic carbocycles. The van der Waals surface area contributed by atoms with Crippen LogP contribution in [0.1, 0.15) is 22.8 Å². The number of nitrogens with two attached hydrogens (primary N) is 1. The topological polar surface area (TPSA) is 64.7 Å². The summed E-state index contributed by atoms with van der Waals surface area (Å²) in [6, 6.07) is 11.0. The Morgan fingerprint density at radius 2 is 1.70 bits per heavy atom. The van der Waals surface area contributed by atoms with Crippen molar-refractivity contribution in [1.82, 2.24) is 0 Å². The molecule has 2 rings (SSSR count). The van der Waals surface area contributed by atoms with E-state index in [-0.39, 0.29) is 0 Å². The molecule has 1 atom stereocenters. The molecule has 0 radical (unpaired) electrons. The fourth-order valence-corrected chi connectivity index (χ4v) is 2.21. The number of hydrogen-bond acceptors (Lipinski definition) is 4. The van der Waals surface area contributed by atoms with E-state index in [4.69, 9.17) is 15.2 Å². The summed E-state index contributed by atoms with van der Waals surface area (Å²) < 4.78 is 10.5. The Hall–Kier alpha value is -2.20. The summed E-state index contributed by atoms with van der Waals surface area (Å²) in [7, 11) is 3.13. The third kappa shape index (κ3) is 2.56. The Kier molecular flexibility index (Phi) is 4.15. The third-order valence-electron chi connectivity index (χ3n) is 3.29. The second-order valence-electron chi connectivity index (χ2n) is 4.61. The number of aliphatic hydroxyl groups excluding tert-OH is 1. The van der Waals surface area contributed by atoms with Gasteiger partial charge in [0.15, 0.2) is 0 Å². The Balaban J connectivity index is 2.51. The maximum absolute atomic E-state index is 10.6. The number of aryl methyl sites for hydroxylation is 1. The van der Waals surface area contributed by atoms with Gasteiger partial charge in [-0.15, -0.1) is 0 Å². The molecule has 0 bridgehead atoms. The highest BCUT2D eigenvalue weighted by molar-refractivity contribution is 5.61. The summed E-state index contributed by atoms with van der Waals surface area (Å²) in [5.41, 5.74) is 8.81. The van der Waals surface area contributed by atoms with Crippen LogP contribution in [0.2, 0.25) is 0 Å². The smallest absolute Gasteiger partial charge is 0.142 e. The molecule has 0 amide bonds. The minimum Gasteiger partial charge on any atom is -0.496 e. The largest absolute Gasteiger partial charge is 0.496 e. The Morgan fingerprint density at radius 1 is 1.00 bits per heavy atom. The van der Waals surface area contributed by atoms with Gasteiger partial charge in [0.2, 0.25) is 0 Å². The molecule has 20 heavy (non-hydrogen) atoms. The van der Waals surface area contributed by atoms with Crippen LogP contribution < -0.4 is 15.2 Å². The zero-order valence-corrected chi connectivity index (χ0v) is 11.9. The quantitative estimate of drug-likeness (QED) is 0.841. The van der Waals surface area contributed by atoms with E-state index in [2.05, 4.69) is 0 Å². The third-order valence-corrected chi connectivity index (χ3v) is 3.29. The van der Waals surface area contributed by atoms with Crippen molar-refractivity contribution >= 4 is 5.69 Å². The molecule has 0 aliphatic rings. The van der Waals surface area contributed by atoms with Gasteiger partial charge in [0.1, 0.15) is 17.6 Å². The molecule has 106 valence electrons. The highest BCUT2D eigenvalue weighted by Gasteiger charge is 2.19. The number of anilines is 1. The molecule has 2 aromatic carbocycles. The van der Waals surface area contributed by atoms with Crippen molar-refractivity contribution in [3.05, 3.63) is 53.1 Å². The summed E-state index contributed by atoms with van der Waals surface area (Å²) >= 11 is 0. The summed E-state index contributed by atoms with van der Waals surface area (Å²) in [4.78, 5) is 0. The van der Waals surface area contributed by atoms with Gasteiger partial charge in [-0.3, -0.25) is 0 Å². The highest BCUT2D eigenvalue weighted by atomic mass is 16.5. The molecule has 1 unspecified atom stereocenters. The number of aliphatic hydroxyl groups is 1. The molecule has 0 saturated carbocycles. The minimum atomic E-state index is -0.861. The van der Waals surface area contributed by atoms with Gasteiger partial charge in [-0.2, -0.15) is 0 Å². The predicted octanol–water partition coefficient (Wildman–Crippen LogP) is 2.68. The number of rotatable bonds is 4. The zero-order valence-electron chi connectivity index (χ0n) is 11.9. The highest BCUT2D eigenvalue weighted by Crippen LogP contribution is 2.36. The molecule has 0 aromatic heterocycles. The van der Waals surface area contributed by atoms with E-state index in [0.29, 0.717) is 28.3 Å². The lowest BCUT2D eigenvalue weighted by atomic mass is 9.97. The monoisotopic (exact) mass is 273 g/mol. The van der Waals surface area contributed by atoms with Gasteiger partial charge in [-0.25, -0.2) is 0 Å². The number of hydrogen-bond donors (Lipinski definition) is 2. The summed E-state index contributed by atoms with van der Waals surface area (Å²) in [5.74, 6) is 1.18. The first-order valence-corrected chi connectivity index (χ1v) is 6.33. The van der Waals surface area contributed by atoms with Crippen molar-refractivity contribution in [2.24, 2.45) is 0 Å². The van der Waals surface area contributed by atoms with Crippen LogP contribution in [-0.2, 0) is 0 Å². The van der Waals surface area contributed by atoms with E-state index in [1.807, 2.05) is 25.1 Å². The van der Waals surface area contributed by atoms with Crippen molar-refractivity contribution in [3.8, 4) is 11.5 Å². The van der Waals surface area contributed by atoms with E-state index < -0.39 is 6.10 Å². The van der Waals surface area contributed by atoms with E-state index in [9.17, 15) is 5.11 Å². The van der Waals surface area contributed by atoms with E-state index in [1.54, 1.807) is 32.4 Å². The van der Waals surface area contributed by atoms with Crippen molar-refractivity contribution < 1.29 is 14.6 Å². The van der Waals surface area contributed by atoms with Crippen molar-refractivity contribution in [2.45, 2.75) is 13.0 Å². The van der Waals surface area contributed by atoms with Crippen LogP contribution in [0.25, 0.3) is 0 Å². The molecule has 0 heterocycles. The normalized spacial score (nSPS) is 12.0. The van der Waals surface area contributed by atoms with Crippen LogP contribution in [0.5, 0.6) is 11.5 Å². The Morgan fingerprint density at radius 3 is 2.35 bits per heavy atom. The van der Waals surface area contributed by atoms with Crippen LogP contribution in [0, 0.1) is 6.92 Å². The lowest BCUT2D eigenvalue weighted by Gasteiger charge is -2.18. The zero-order chi connectivity index (χ0) is 14.7. The molecule has 0 aliphatic heterocycles. The number of nitrogen functional groups attached to an aromatic ring is 1. The van der Waals surface area contributed by atoms with Gasteiger partial charge >= 0.3 is 0 Å². The predicted molar refractivity (Wildman–Crippen MR) is 79.2 cm³/mol. The Labute approximate surface area is 118 Å². The molecule has 0 spiro atoms. The number of ether oxygens (including phenoxy) is 2. The summed E-state index contributed by atoms with van der Waals surface area (Å²) in [6.07, 6.45) is -0.861. The first-order chi connectivity index (χ1) is 9.58. The van der Waals surface area contributed by atoms with Crippen LogP contribution >= 0.6 is 0 Å². The van der Waals surface area contributed by atoms with Crippen molar-refractivity contribution in [1.29, 1.82) is 0 Å². The lowest BCUT2D eigenvalue weighted by Crippen LogP contribution is -2.07. The lowest BCUT2D eigenvalue weighted by molar-refractivity contribution is 0.215. The molecule has 0 fully saturated rings. The molecule has 3 N–H and O–H groups in total. The molecule has 4 nitrogen and oxygen atoms in total. The second kappa shape index (κ2) is 5.84. The average Bonchev–Trinajstić information content (AvgIpc) is 2.46. The van der Waals surface area contributed by atoms with Crippen molar-refractivity contribution in [2.75, 3.05) is 20.0 Å². The summed E-state index contributed by atoms with van der Waals surface area (Å²) in [5, 5.41) is 10.6. The average molecular weight is 273 g/mol. The first-order valence-electron chi connectivity index (χ1n) is 6.33. The fourth-order valence-electron chi connectivity index (χ4n) is 2.21. The standard InChI is InChI=1S/C16H19NO3/c1-10-7-8-13(19-2)12(9-10)16(18)11-5-4-6-14(20-3)15(11)17/h4-9,16,18H,17H2,1-3H3. The van der Waals surface area contributed by atoms with Gasteiger partial charge in [0.25, 0.3) is 0 Å². The van der Waals surface area contributed by atoms with Crippen molar-refractivity contribution in [3.63, 3.8) is 0 Å². The van der Waals surface area contributed by atoms with Crippen LogP contribution in [0.3, 0.4) is 0 Å². The maximum Gasteiger partial charge on any atom is 0.142 e. The second-order valence-corrected chi connectivity index (χ2v) is 4.61. The van der Waals surface area contributed by atoms with Crippen LogP contribution in [0.4, 0.5) is 5.69 Å². The number of benzene rings is 2. The number of methoxy groups -OCH3 is 2. The van der Waals surface area contributed by atoms with Gasteiger partial charge < -0.3 is 20.3 Å². The Bertz CT molecular complexity index is 611. The van der Waals surface area contributed by atoms with Gasteiger partial charge in [0.05, 0.1) is 19.9 Å². The molecular weight excluding hydrogens is 254 g/mol. The number of para-hydroxylation sites is 1. The SMILES string of the molecule is COc1ccc(C)cc1C(O)c1cccc(OC)c1N. The fraction of sp³-hybridized carbons (Fsp3) is 0.250. The first kappa shape index (κ1) is 14.2. The van der Waals surface area contributed by atoms with Crippen LogP contribution in [-0.4, -0.2) is 19.3 Å². The van der Waals surface area contributed by atoms with Gasteiger partial charge in [-0.1, -0.05) is 23.8 Å². The van der Waals surface area contributed by atoms with E-state index >= 15 is 0 Å². The van der Waals surface area contributed by atoms with Crippen LogP contribution in [0.15, 0.2) is 36.4 Å². The van der Waals surface area contributed by atoms with E-state index in [1.165, 1.54) is 0 Å². The van der Waals surface area contributed by atoms with Gasteiger partial charge in [-0.05, 0) is 25.1 Å². The minimum absolute atomic E-state index is 0.436. The van der Waals surface area contributed by atoms with E-state index in [0.717, 1.165) is 5.56 Å². The maximum atomic E-state index is 10.6. The molecular formula is C16H19NO3. The van der Waals surface area contributed by atoms with Gasteiger partial charge in [0, 0.05) is 11.1 Å².